The lowest BCUT2D eigenvalue weighted by molar-refractivity contribution is 0.845. The molecule has 5 heteroatoms. The van der Waals surface area contributed by atoms with E-state index in [1.165, 1.54) is 0 Å². The fourth-order valence-corrected chi connectivity index (χ4v) is 2.50. The minimum absolute atomic E-state index is 0.519. The SMILES string of the molecule is Cc1nn(-c2cc(C)c3cccc(C)c3n2)c(N)c1S. The maximum atomic E-state index is 6.05. The topological polar surface area (TPSA) is 56.7 Å². The minimum Gasteiger partial charge on any atom is -0.383 e. The molecule has 0 unspecified atom stereocenters. The van der Waals surface area contributed by atoms with Gasteiger partial charge in [0, 0.05) is 5.39 Å². The molecule has 102 valence electrons. The van der Waals surface area contributed by atoms with Crippen LogP contribution in [0.5, 0.6) is 0 Å². The van der Waals surface area contributed by atoms with Crippen molar-refractivity contribution in [2.45, 2.75) is 25.7 Å². The Bertz CT molecular complexity index is 820. The van der Waals surface area contributed by atoms with E-state index in [1.54, 1.807) is 4.68 Å². The van der Waals surface area contributed by atoms with E-state index in [-0.39, 0.29) is 0 Å². The predicted molar refractivity (Wildman–Crippen MR) is 84.7 cm³/mol. The normalized spacial score (nSPS) is 11.2. The first-order chi connectivity index (χ1) is 9.49. The Morgan fingerprint density at radius 1 is 1.15 bits per heavy atom. The lowest BCUT2D eigenvalue weighted by Gasteiger charge is -2.09. The zero-order valence-corrected chi connectivity index (χ0v) is 12.6. The first-order valence-corrected chi connectivity index (χ1v) is 6.85. The quantitative estimate of drug-likeness (QED) is 0.675. The van der Waals surface area contributed by atoms with Crippen molar-refractivity contribution in [1.29, 1.82) is 0 Å². The fraction of sp³-hybridized carbons (Fsp3) is 0.200. The Morgan fingerprint density at radius 3 is 2.55 bits per heavy atom. The summed E-state index contributed by atoms with van der Waals surface area (Å²) in [6, 6.07) is 8.18. The van der Waals surface area contributed by atoms with Gasteiger partial charge in [-0.2, -0.15) is 9.78 Å². The van der Waals surface area contributed by atoms with Crippen molar-refractivity contribution < 1.29 is 0 Å². The number of benzene rings is 1. The summed E-state index contributed by atoms with van der Waals surface area (Å²) in [5.41, 5.74) is 10.1. The highest BCUT2D eigenvalue weighted by Gasteiger charge is 2.13. The first kappa shape index (κ1) is 13.0. The molecule has 0 saturated carbocycles. The lowest BCUT2D eigenvalue weighted by atomic mass is 10.1. The molecule has 0 radical (unpaired) electrons. The molecule has 3 rings (SSSR count). The molecule has 0 aliphatic carbocycles. The van der Waals surface area contributed by atoms with Gasteiger partial charge >= 0.3 is 0 Å². The summed E-state index contributed by atoms with van der Waals surface area (Å²) in [5.74, 6) is 1.25. The summed E-state index contributed by atoms with van der Waals surface area (Å²) in [4.78, 5) is 5.41. The molecule has 2 N–H and O–H groups in total. The van der Waals surface area contributed by atoms with Crippen LogP contribution in [-0.4, -0.2) is 14.8 Å². The number of hydrogen-bond acceptors (Lipinski definition) is 4. The maximum absolute atomic E-state index is 6.05. The van der Waals surface area contributed by atoms with Gasteiger partial charge in [-0.1, -0.05) is 18.2 Å². The van der Waals surface area contributed by atoms with Gasteiger partial charge in [0.15, 0.2) is 5.82 Å². The third-order valence-corrected chi connectivity index (χ3v) is 4.07. The molecule has 0 aliphatic heterocycles. The molecule has 0 amide bonds. The number of nitrogens with two attached hydrogens (primary N) is 1. The molecule has 0 fully saturated rings. The van der Waals surface area contributed by atoms with Crippen molar-refractivity contribution in [3.05, 3.63) is 41.1 Å². The number of aryl methyl sites for hydroxylation is 3. The summed E-state index contributed by atoms with van der Waals surface area (Å²) in [7, 11) is 0. The zero-order chi connectivity index (χ0) is 14.4. The monoisotopic (exact) mass is 284 g/mol. The molecule has 2 aromatic heterocycles. The van der Waals surface area contributed by atoms with E-state index < -0.39 is 0 Å². The molecule has 1 aromatic carbocycles. The molecule has 4 nitrogen and oxygen atoms in total. The number of hydrogen-bond donors (Lipinski definition) is 2. The van der Waals surface area contributed by atoms with Gasteiger partial charge in [0.1, 0.15) is 5.82 Å². The van der Waals surface area contributed by atoms with E-state index in [0.717, 1.165) is 33.5 Å². The number of thiol groups is 1. The first-order valence-electron chi connectivity index (χ1n) is 6.40. The van der Waals surface area contributed by atoms with E-state index >= 15 is 0 Å². The second-order valence-corrected chi connectivity index (χ2v) is 5.45. The molecule has 3 aromatic rings. The van der Waals surface area contributed by atoms with Crippen molar-refractivity contribution >= 4 is 29.3 Å². The van der Waals surface area contributed by atoms with Crippen LogP contribution in [0.2, 0.25) is 0 Å². The summed E-state index contributed by atoms with van der Waals surface area (Å²) in [6.45, 7) is 6.01. The highest BCUT2D eigenvalue weighted by atomic mass is 32.1. The van der Waals surface area contributed by atoms with E-state index in [0.29, 0.717) is 10.7 Å². The number of anilines is 1. The standard InChI is InChI=1S/C15H16N4S/c1-8-5-4-6-11-9(2)7-12(17-13(8)11)19-15(16)14(20)10(3)18-19/h4-7,20H,16H2,1-3H3. The van der Waals surface area contributed by atoms with Crippen molar-refractivity contribution in [3.63, 3.8) is 0 Å². The number of para-hydroxylation sites is 1. The van der Waals surface area contributed by atoms with E-state index in [9.17, 15) is 0 Å². The molecular weight excluding hydrogens is 268 g/mol. The van der Waals surface area contributed by atoms with Crippen LogP contribution in [0.15, 0.2) is 29.2 Å². The second kappa shape index (κ2) is 4.52. The Hall–Kier alpha value is -2.01. The van der Waals surface area contributed by atoms with Crippen LogP contribution in [0, 0.1) is 20.8 Å². The van der Waals surface area contributed by atoms with Gasteiger partial charge in [-0.25, -0.2) is 4.98 Å². The largest absolute Gasteiger partial charge is 0.383 e. The van der Waals surface area contributed by atoms with Crippen LogP contribution in [-0.2, 0) is 0 Å². The van der Waals surface area contributed by atoms with Gasteiger partial charge < -0.3 is 5.73 Å². The Balaban J connectivity index is 2.32. The molecule has 2 heterocycles. The van der Waals surface area contributed by atoms with E-state index in [1.807, 2.05) is 19.1 Å². The molecular formula is C15H16N4S. The summed E-state index contributed by atoms with van der Waals surface area (Å²) in [5, 5.41) is 5.57. The predicted octanol–water partition coefficient (Wildman–Crippen LogP) is 3.22. The smallest absolute Gasteiger partial charge is 0.156 e. The Kier molecular flexibility index (Phi) is 2.94. The van der Waals surface area contributed by atoms with Crippen LogP contribution in [0.4, 0.5) is 5.82 Å². The third kappa shape index (κ3) is 1.86. The zero-order valence-electron chi connectivity index (χ0n) is 11.7. The summed E-state index contributed by atoms with van der Waals surface area (Å²) in [6.07, 6.45) is 0. The Labute approximate surface area is 123 Å². The molecule has 0 aliphatic rings. The van der Waals surface area contributed by atoms with Gasteiger partial charge in [0.2, 0.25) is 0 Å². The highest BCUT2D eigenvalue weighted by molar-refractivity contribution is 7.80. The number of fused-ring (bicyclic) bond motifs is 1. The van der Waals surface area contributed by atoms with Crippen LogP contribution >= 0.6 is 12.6 Å². The maximum Gasteiger partial charge on any atom is 0.156 e. The number of nitrogens with zero attached hydrogens (tertiary/aromatic N) is 3. The highest BCUT2D eigenvalue weighted by Crippen LogP contribution is 2.26. The molecule has 0 spiro atoms. The van der Waals surface area contributed by atoms with Gasteiger partial charge in [-0.15, -0.1) is 12.6 Å². The number of pyridine rings is 1. The van der Waals surface area contributed by atoms with E-state index in [2.05, 4.69) is 43.7 Å². The average Bonchev–Trinajstić information content (AvgIpc) is 2.68. The van der Waals surface area contributed by atoms with Gasteiger partial charge in [0.05, 0.1) is 16.1 Å². The molecule has 0 atom stereocenters. The fourth-order valence-electron chi connectivity index (χ4n) is 2.36. The summed E-state index contributed by atoms with van der Waals surface area (Å²) >= 11 is 4.37. The van der Waals surface area contributed by atoms with Crippen LogP contribution in [0.25, 0.3) is 16.7 Å². The van der Waals surface area contributed by atoms with Gasteiger partial charge in [-0.05, 0) is 38.0 Å². The van der Waals surface area contributed by atoms with Crippen LogP contribution < -0.4 is 5.73 Å². The number of aromatic nitrogens is 3. The molecule has 20 heavy (non-hydrogen) atoms. The average molecular weight is 284 g/mol. The van der Waals surface area contributed by atoms with E-state index in [4.69, 9.17) is 10.7 Å². The van der Waals surface area contributed by atoms with Gasteiger partial charge in [0.25, 0.3) is 0 Å². The molecule has 0 bridgehead atoms. The Morgan fingerprint density at radius 2 is 1.90 bits per heavy atom. The number of rotatable bonds is 1. The minimum atomic E-state index is 0.519. The lowest BCUT2D eigenvalue weighted by Crippen LogP contribution is -2.05. The van der Waals surface area contributed by atoms with Gasteiger partial charge in [-0.3, -0.25) is 0 Å². The van der Waals surface area contributed by atoms with Crippen molar-refractivity contribution in [2.24, 2.45) is 0 Å². The summed E-state index contributed by atoms with van der Waals surface area (Å²) < 4.78 is 1.65. The third-order valence-electron chi connectivity index (χ3n) is 3.52. The van der Waals surface area contributed by atoms with Crippen LogP contribution in [0.1, 0.15) is 16.8 Å². The van der Waals surface area contributed by atoms with Crippen LogP contribution in [0.3, 0.4) is 0 Å². The number of nitrogen functional groups attached to an aromatic ring is 1. The van der Waals surface area contributed by atoms with Crippen molar-refractivity contribution in [2.75, 3.05) is 5.73 Å². The molecule has 0 saturated heterocycles. The second-order valence-electron chi connectivity index (χ2n) is 5.00. The van der Waals surface area contributed by atoms with Crippen molar-refractivity contribution in [1.82, 2.24) is 14.8 Å². The van der Waals surface area contributed by atoms with Crippen molar-refractivity contribution in [3.8, 4) is 5.82 Å².